The van der Waals surface area contributed by atoms with E-state index in [9.17, 15) is 13.8 Å². The molecule has 182 valence electrons. The number of carbonyl (C=O) groups excluding carboxylic acids is 2. The molecule has 5 rings (SSSR count). The van der Waals surface area contributed by atoms with Crippen LogP contribution in [0.15, 0.2) is 66.7 Å². The summed E-state index contributed by atoms with van der Waals surface area (Å²) in [5.41, 5.74) is 2.50. The Morgan fingerprint density at radius 3 is 2.20 bits per heavy atom. The molecule has 3 aromatic rings. The molecule has 0 aromatic heterocycles. The summed E-state index contributed by atoms with van der Waals surface area (Å²) in [5.74, 6) is 1.28. The Kier molecular flexibility index (Phi) is 8.69. The molecule has 0 spiro atoms. The Morgan fingerprint density at radius 1 is 0.943 bits per heavy atom. The average Bonchev–Trinajstić information content (AvgIpc) is 2.79. The van der Waals surface area contributed by atoms with Crippen LogP contribution in [0.2, 0.25) is 10.0 Å². The van der Waals surface area contributed by atoms with Gasteiger partial charge in [0.2, 0.25) is 0 Å². The lowest BCUT2D eigenvalue weighted by molar-refractivity contribution is 0.101. The number of nitrogens with one attached hydrogen (secondary N) is 3. The number of nitrogens with zero attached hydrogens (tertiary/aromatic N) is 1. The molecule has 1 unspecified atom stereocenters. The van der Waals surface area contributed by atoms with E-state index in [1.807, 2.05) is 0 Å². The molecule has 0 aliphatic carbocycles. The third kappa shape index (κ3) is 6.77. The first-order valence-electron chi connectivity index (χ1n) is 10.7. The molecule has 2 aliphatic heterocycles. The van der Waals surface area contributed by atoms with Crippen LogP contribution < -0.4 is 19.7 Å². The SMILES string of the molecule is C1CSN1.O=C(Nc1ccc(Cl)c(NC(=O)c2cccc(Cl)c2)c1)c1ccc(N2CCS2=O)cc1. The fourth-order valence-electron chi connectivity index (χ4n) is 3.11. The largest absolute Gasteiger partial charge is 0.322 e. The lowest BCUT2D eigenvalue weighted by atomic mass is 10.1. The van der Waals surface area contributed by atoms with E-state index in [2.05, 4.69) is 15.4 Å². The lowest BCUT2D eigenvalue weighted by Gasteiger charge is -2.31. The summed E-state index contributed by atoms with van der Waals surface area (Å²) in [6.07, 6.45) is 0. The zero-order chi connectivity index (χ0) is 24.8. The molecule has 2 aliphatic rings. The minimum absolute atomic E-state index is 0.314. The van der Waals surface area contributed by atoms with E-state index in [-0.39, 0.29) is 11.8 Å². The molecule has 2 amide bonds. The standard InChI is InChI=1S/C22H17Cl2N3O3S.C2H5NS/c23-16-3-1-2-15(12-16)22(29)26-20-13-17(6-9-19(20)24)25-21(28)14-4-7-18(8-5-14)27-10-11-31(27)30;1-2-4-3-1/h1-9,12-13H,10-11H2,(H,25,28)(H,26,29);3H,1-2H2. The van der Waals surface area contributed by atoms with Gasteiger partial charge in [-0.2, -0.15) is 0 Å². The van der Waals surface area contributed by atoms with Crippen LogP contribution in [0.25, 0.3) is 0 Å². The fourth-order valence-corrected chi connectivity index (χ4v) is 4.54. The van der Waals surface area contributed by atoms with Crippen LogP contribution in [0.1, 0.15) is 20.7 Å². The normalized spacial score (nSPS) is 16.2. The average molecular weight is 550 g/mol. The van der Waals surface area contributed by atoms with Crippen LogP contribution >= 0.6 is 35.1 Å². The second kappa shape index (κ2) is 11.9. The van der Waals surface area contributed by atoms with Gasteiger partial charge in [0.05, 0.1) is 16.5 Å². The van der Waals surface area contributed by atoms with Gasteiger partial charge in [-0.15, -0.1) is 0 Å². The van der Waals surface area contributed by atoms with Crippen LogP contribution in [0.3, 0.4) is 0 Å². The first kappa shape index (κ1) is 25.5. The summed E-state index contributed by atoms with van der Waals surface area (Å²) in [7, 11) is -0.976. The predicted molar refractivity (Wildman–Crippen MR) is 146 cm³/mol. The highest BCUT2D eigenvalue weighted by molar-refractivity contribution is 7.98. The predicted octanol–water partition coefficient (Wildman–Crippen LogP) is 5.22. The van der Waals surface area contributed by atoms with Gasteiger partial charge in [-0.25, -0.2) is 4.21 Å². The first-order valence-corrected chi connectivity index (χ1v) is 13.7. The molecule has 0 bridgehead atoms. The molecule has 3 N–H and O–H groups in total. The Bertz CT molecular complexity index is 1250. The molecule has 2 fully saturated rings. The Morgan fingerprint density at radius 2 is 1.63 bits per heavy atom. The Hall–Kier alpha value is -2.56. The fraction of sp³-hybridized carbons (Fsp3) is 0.167. The minimum atomic E-state index is -0.976. The van der Waals surface area contributed by atoms with Crippen molar-refractivity contribution in [3.63, 3.8) is 0 Å². The molecule has 2 heterocycles. The second-order valence-corrected chi connectivity index (χ2v) is 10.9. The number of benzene rings is 3. The summed E-state index contributed by atoms with van der Waals surface area (Å²) >= 11 is 13.9. The summed E-state index contributed by atoms with van der Waals surface area (Å²) in [5, 5.41) is 6.30. The summed E-state index contributed by atoms with van der Waals surface area (Å²) < 4.78 is 16.4. The summed E-state index contributed by atoms with van der Waals surface area (Å²) in [6.45, 7) is 1.96. The van der Waals surface area contributed by atoms with Gasteiger partial charge in [-0.1, -0.05) is 41.2 Å². The highest BCUT2D eigenvalue weighted by atomic mass is 35.5. The molecule has 7 nitrogen and oxygen atoms in total. The van der Waals surface area contributed by atoms with Crippen LogP contribution in [-0.2, 0) is 11.0 Å². The van der Waals surface area contributed by atoms with Crippen molar-refractivity contribution in [2.24, 2.45) is 0 Å². The number of carbonyl (C=O) groups is 2. The Balaban J connectivity index is 0.000000656. The molecule has 2 saturated heterocycles. The molecular formula is C24H22Cl2N4O3S2. The third-order valence-electron chi connectivity index (χ3n) is 5.10. The maximum atomic E-state index is 12.6. The van der Waals surface area contributed by atoms with Gasteiger partial charge in [-0.05, 0) is 60.7 Å². The van der Waals surface area contributed by atoms with Gasteiger partial charge in [0.1, 0.15) is 11.0 Å². The van der Waals surface area contributed by atoms with Crippen molar-refractivity contribution in [3.05, 3.63) is 87.9 Å². The topological polar surface area (TPSA) is 90.5 Å². The van der Waals surface area contributed by atoms with E-state index in [4.69, 9.17) is 23.2 Å². The zero-order valence-corrected chi connectivity index (χ0v) is 21.6. The van der Waals surface area contributed by atoms with Crippen molar-refractivity contribution >= 4 is 75.0 Å². The molecule has 0 saturated carbocycles. The molecular weight excluding hydrogens is 527 g/mol. The highest BCUT2D eigenvalue weighted by Crippen LogP contribution is 2.27. The first-order chi connectivity index (χ1) is 16.9. The van der Waals surface area contributed by atoms with Crippen molar-refractivity contribution in [3.8, 4) is 0 Å². The number of halogens is 2. The van der Waals surface area contributed by atoms with Gasteiger partial charge in [0.25, 0.3) is 11.8 Å². The zero-order valence-electron chi connectivity index (χ0n) is 18.4. The minimum Gasteiger partial charge on any atom is -0.322 e. The van der Waals surface area contributed by atoms with Crippen molar-refractivity contribution in [2.75, 3.05) is 39.5 Å². The van der Waals surface area contributed by atoms with Crippen molar-refractivity contribution < 1.29 is 13.8 Å². The molecule has 35 heavy (non-hydrogen) atoms. The number of hydrogen-bond acceptors (Lipinski definition) is 5. The monoisotopic (exact) mass is 548 g/mol. The van der Waals surface area contributed by atoms with Crippen LogP contribution in [0, 0.1) is 0 Å². The van der Waals surface area contributed by atoms with Gasteiger partial charge in [0.15, 0.2) is 0 Å². The van der Waals surface area contributed by atoms with E-state index < -0.39 is 11.0 Å². The van der Waals surface area contributed by atoms with E-state index in [0.29, 0.717) is 38.3 Å². The van der Waals surface area contributed by atoms with Crippen molar-refractivity contribution in [2.45, 2.75) is 0 Å². The molecule has 0 radical (unpaired) electrons. The molecule has 1 atom stereocenters. The van der Waals surface area contributed by atoms with E-state index >= 15 is 0 Å². The van der Waals surface area contributed by atoms with E-state index in [0.717, 1.165) is 12.2 Å². The second-order valence-electron chi connectivity index (χ2n) is 7.53. The van der Waals surface area contributed by atoms with Crippen LogP contribution in [-0.4, -0.2) is 40.6 Å². The third-order valence-corrected chi connectivity index (χ3v) is 7.90. The molecule has 3 aromatic carbocycles. The maximum absolute atomic E-state index is 12.6. The van der Waals surface area contributed by atoms with Crippen LogP contribution in [0.4, 0.5) is 17.1 Å². The maximum Gasteiger partial charge on any atom is 0.255 e. The number of rotatable bonds is 5. The van der Waals surface area contributed by atoms with Gasteiger partial charge in [-0.3, -0.25) is 18.6 Å². The number of hydrogen-bond donors (Lipinski definition) is 3. The number of anilines is 3. The summed E-state index contributed by atoms with van der Waals surface area (Å²) in [6, 6.07) is 18.3. The van der Waals surface area contributed by atoms with Gasteiger partial charge in [0, 0.05) is 46.4 Å². The van der Waals surface area contributed by atoms with Gasteiger partial charge >= 0.3 is 0 Å². The van der Waals surface area contributed by atoms with Gasteiger partial charge < -0.3 is 10.6 Å². The number of amides is 2. The van der Waals surface area contributed by atoms with Crippen LogP contribution in [0.5, 0.6) is 0 Å². The van der Waals surface area contributed by atoms with Crippen molar-refractivity contribution in [1.82, 2.24) is 4.72 Å². The quantitative estimate of drug-likeness (QED) is 0.380. The van der Waals surface area contributed by atoms with E-state index in [1.165, 1.54) is 12.3 Å². The smallest absolute Gasteiger partial charge is 0.255 e. The Labute approximate surface area is 220 Å². The lowest BCUT2D eigenvalue weighted by Crippen LogP contribution is -2.42. The van der Waals surface area contributed by atoms with Crippen molar-refractivity contribution in [1.29, 1.82) is 0 Å². The molecule has 11 heteroatoms. The van der Waals surface area contributed by atoms with E-state index in [1.54, 1.807) is 83.0 Å². The summed E-state index contributed by atoms with van der Waals surface area (Å²) in [4.78, 5) is 25.1. The highest BCUT2D eigenvalue weighted by Gasteiger charge is 2.23.